The molecule has 1 aromatic carbocycles. The third kappa shape index (κ3) is 5.00. The van der Waals surface area contributed by atoms with E-state index in [0.717, 1.165) is 18.3 Å². The van der Waals surface area contributed by atoms with Crippen LogP contribution in [0.3, 0.4) is 0 Å². The summed E-state index contributed by atoms with van der Waals surface area (Å²) in [6, 6.07) is 7.77. The van der Waals surface area contributed by atoms with Gasteiger partial charge in [-0.25, -0.2) is 13.8 Å². The summed E-state index contributed by atoms with van der Waals surface area (Å²) in [7, 11) is 0. The molecule has 1 saturated heterocycles. The van der Waals surface area contributed by atoms with E-state index >= 15 is 0 Å². The van der Waals surface area contributed by atoms with Crippen molar-refractivity contribution in [2.24, 2.45) is 27.7 Å². The van der Waals surface area contributed by atoms with E-state index in [1.807, 2.05) is 0 Å². The molecule has 1 aromatic heterocycles. The molecule has 4 aliphatic rings. The first-order valence-corrected chi connectivity index (χ1v) is 13.2. The molecule has 3 N–H and O–H groups in total. The van der Waals surface area contributed by atoms with Crippen molar-refractivity contribution in [1.82, 2.24) is 9.88 Å². The second-order valence-corrected chi connectivity index (χ2v) is 10.7. The smallest absolute Gasteiger partial charge is 0.342 e. The van der Waals surface area contributed by atoms with Crippen LogP contribution in [-0.2, 0) is 11.0 Å². The van der Waals surface area contributed by atoms with Gasteiger partial charge in [0, 0.05) is 37.2 Å². The number of nitrogens with two attached hydrogens (primary N) is 1. The molecule has 218 valence electrons. The standard InChI is InChI=1S/C28H24F5N7O2/c29-27(30)13-20(27)26(42)39-10-1-2-18(15-39)23-21-14-35-9-11-40(21,34)24(38-23)16-3-5-17(6-4-16)25(41)37-22-12-19(7-8-36-22)28(31,32)33/h3-9,11-12,14,18,20H,1-2,10,13,15,34H2/p+1/t18-,20?,40?/m1/s1. The summed E-state index contributed by atoms with van der Waals surface area (Å²) in [5, 5.41) is 2.37. The minimum atomic E-state index is -4.58. The quantitative estimate of drug-likeness (QED) is 0.306. The molecular weight excluding hydrogens is 561 g/mol. The van der Waals surface area contributed by atoms with Crippen molar-refractivity contribution < 1.29 is 36.1 Å². The molecule has 9 nitrogen and oxygen atoms in total. The van der Waals surface area contributed by atoms with E-state index in [4.69, 9.17) is 10.8 Å². The Morgan fingerprint density at radius 1 is 1.14 bits per heavy atom. The van der Waals surface area contributed by atoms with E-state index in [9.17, 15) is 31.5 Å². The summed E-state index contributed by atoms with van der Waals surface area (Å²) in [6.07, 6.45) is 2.02. The van der Waals surface area contributed by atoms with Gasteiger partial charge in [-0.3, -0.25) is 14.6 Å². The van der Waals surface area contributed by atoms with Crippen LogP contribution in [0.25, 0.3) is 0 Å². The Bertz CT molecular complexity index is 1580. The van der Waals surface area contributed by atoms with E-state index in [1.165, 1.54) is 23.2 Å². The zero-order valence-electron chi connectivity index (χ0n) is 22.0. The molecule has 2 aromatic rings. The van der Waals surface area contributed by atoms with Gasteiger partial charge in [0.05, 0.1) is 23.5 Å². The Kier molecular flexibility index (Phi) is 6.57. The number of amides is 2. The van der Waals surface area contributed by atoms with Crippen molar-refractivity contribution in [2.45, 2.75) is 31.4 Å². The Morgan fingerprint density at radius 3 is 2.57 bits per heavy atom. The molecule has 6 rings (SSSR count). The molecular formula is C28H25F5N7O2+. The minimum Gasteiger partial charge on any atom is -0.342 e. The summed E-state index contributed by atoms with van der Waals surface area (Å²) in [5.74, 6) is 1.31. The van der Waals surface area contributed by atoms with Gasteiger partial charge in [-0.1, -0.05) is 0 Å². The maximum absolute atomic E-state index is 13.6. The number of quaternary nitrogens is 1. The van der Waals surface area contributed by atoms with Crippen LogP contribution in [0.4, 0.5) is 27.8 Å². The molecule has 3 aliphatic heterocycles. The highest BCUT2D eigenvalue weighted by Crippen LogP contribution is 2.50. The first-order valence-electron chi connectivity index (χ1n) is 13.2. The number of amidine groups is 1. The predicted octanol–water partition coefficient (Wildman–Crippen LogP) is 4.46. The number of halogens is 5. The van der Waals surface area contributed by atoms with Crippen LogP contribution in [-0.4, -0.2) is 57.4 Å². The number of hydrogen-bond acceptors (Lipinski definition) is 6. The monoisotopic (exact) mass is 586 g/mol. The second-order valence-electron chi connectivity index (χ2n) is 10.7. The molecule has 42 heavy (non-hydrogen) atoms. The highest BCUT2D eigenvalue weighted by Gasteiger charge is 2.62. The number of anilines is 1. The lowest BCUT2D eigenvalue weighted by atomic mass is 9.93. The summed E-state index contributed by atoms with van der Waals surface area (Å²) in [6.45, 7) is 0.637. The number of aromatic nitrogens is 1. The molecule has 1 saturated carbocycles. The number of carbonyl (C=O) groups excluding carboxylic acids is 2. The minimum absolute atomic E-state index is 0.169. The predicted molar refractivity (Wildman–Crippen MR) is 142 cm³/mol. The third-order valence-corrected chi connectivity index (χ3v) is 7.80. The topological polar surface area (TPSA) is 113 Å². The number of benzene rings is 1. The summed E-state index contributed by atoms with van der Waals surface area (Å²) in [5.41, 5.74) is 0.995. The van der Waals surface area contributed by atoms with Crippen LogP contribution in [0.1, 0.15) is 40.7 Å². The van der Waals surface area contributed by atoms with Crippen molar-refractivity contribution in [3.8, 4) is 0 Å². The lowest BCUT2D eigenvalue weighted by molar-refractivity contribution is -0.750. The molecule has 0 bridgehead atoms. The van der Waals surface area contributed by atoms with Gasteiger partial charge in [-0.15, -0.1) is 4.59 Å². The maximum atomic E-state index is 13.6. The summed E-state index contributed by atoms with van der Waals surface area (Å²) >= 11 is 0. The first kappa shape index (κ1) is 27.8. The van der Waals surface area contributed by atoms with Crippen molar-refractivity contribution in [1.29, 1.82) is 0 Å². The Labute approximate surface area is 236 Å². The fraction of sp³-hybridized carbons (Fsp3) is 0.321. The van der Waals surface area contributed by atoms with E-state index in [1.54, 1.807) is 24.5 Å². The fourth-order valence-corrected chi connectivity index (χ4v) is 5.44. The van der Waals surface area contributed by atoms with E-state index in [-0.39, 0.29) is 28.4 Å². The SMILES string of the molecule is N[N+]12C=CN=CC1=C([C@@H]1CCCN(C(=O)C3CC3(F)F)C1)N=C2c1ccc(C(=O)Nc2cc(C(F)(F)F)ccn2)cc1. The highest BCUT2D eigenvalue weighted by molar-refractivity contribution is 6.05. The van der Waals surface area contributed by atoms with Crippen LogP contribution < -0.4 is 11.2 Å². The van der Waals surface area contributed by atoms with Crippen LogP contribution in [0.5, 0.6) is 0 Å². The van der Waals surface area contributed by atoms with Crippen LogP contribution >= 0.6 is 0 Å². The molecule has 0 radical (unpaired) electrons. The largest absolute Gasteiger partial charge is 0.416 e. The number of piperidine rings is 1. The van der Waals surface area contributed by atoms with Gasteiger partial charge in [-0.2, -0.15) is 24.0 Å². The Hall–Kier alpha value is -4.30. The van der Waals surface area contributed by atoms with E-state index in [2.05, 4.69) is 15.3 Å². The van der Waals surface area contributed by atoms with Crippen molar-refractivity contribution >= 4 is 29.7 Å². The van der Waals surface area contributed by atoms with Crippen molar-refractivity contribution in [3.63, 3.8) is 0 Å². The van der Waals surface area contributed by atoms with E-state index < -0.39 is 41.8 Å². The summed E-state index contributed by atoms with van der Waals surface area (Å²) in [4.78, 5) is 39.7. The maximum Gasteiger partial charge on any atom is 0.416 e. The molecule has 2 amide bonds. The first-order chi connectivity index (χ1) is 19.9. The fourth-order valence-electron chi connectivity index (χ4n) is 5.44. The zero-order valence-corrected chi connectivity index (χ0v) is 22.0. The molecule has 14 heteroatoms. The summed E-state index contributed by atoms with van der Waals surface area (Å²) < 4.78 is 65.8. The van der Waals surface area contributed by atoms with Crippen LogP contribution in [0.15, 0.2) is 76.4 Å². The lowest BCUT2D eigenvalue weighted by Crippen LogP contribution is -2.53. The van der Waals surface area contributed by atoms with Crippen LogP contribution in [0.2, 0.25) is 0 Å². The highest BCUT2D eigenvalue weighted by atomic mass is 19.4. The number of allylic oxidation sites excluding steroid dienone is 1. The van der Waals surface area contributed by atoms with Gasteiger partial charge in [0.25, 0.3) is 17.7 Å². The molecule has 1 aliphatic carbocycles. The zero-order chi connectivity index (χ0) is 29.9. The molecule has 2 fully saturated rings. The number of hydrogen-bond donors (Lipinski definition) is 2. The van der Waals surface area contributed by atoms with E-state index in [0.29, 0.717) is 42.2 Å². The van der Waals surface area contributed by atoms with Gasteiger partial charge < -0.3 is 10.2 Å². The number of pyridine rings is 1. The normalized spacial score (nSPS) is 26.1. The Morgan fingerprint density at radius 2 is 1.88 bits per heavy atom. The van der Waals surface area contributed by atoms with Gasteiger partial charge >= 0.3 is 6.18 Å². The molecule has 0 spiro atoms. The number of fused-ring (bicyclic) bond motifs is 1. The van der Waals surface area contributed by atoms with Gasteiger partial charge in [-0.05, 0) is 49.2 Å². The van der Waals surface area contributed by atoms with Gasteiger partial charge in [0.2, 0.25) is 11.6 Å². The number of rotatable bonds is 5. The third-order valence-electron chi connectivity index (χ3n) is 7.80. The Balaban J connectivity index is 1.22. The number of alkyl halides is 5. The molecule has 2 unspecified atom stereocenters. The number of nitrogens with zero attached hydrogens (tertiary/aromatic N) is 5. The van der Waals surface area contributed by atoms with Crippen molar-refractivity contribution in [2.75, 3.05) is 18.4 Å². The van der Waals surface area contributed by atoms with Crippen LogP contribution in [0, 0.1) is 11.8 Å². The number of aliphatic imine (C=N–C) groups is 2. The van der Waals surface area contributed by atoms with Crippen molar-refractivity contribution in [3.05, 3.63) is 83.1 Å². The number of carbonyl (C=O) groups is 2. The molecule has 3 atom stereocenters. The lowest BCUT2D eigenvalue weighted by Gasteiger charge is -2.33. The number of nitrogens with one attached hydrogen (secondary N) is 1. The van der Waals surface area contributed by atoms with Gasteiger partial charge in [0.15, 0.2) is 0 Å². The average Bonchev–Trinajstić information content (AvgIpc) is 3.49. The van der Waals surface area contributed by atoms with Gasteiger partial charge in [0.1, 0.15) is 23.6 Å². The second kappa shape index (κ2) is 9.91. The average molecular weight is 587 g/mol. The number of likely N-dealkylation sites (tertiary alicyclic amines) is 1. The molecule has 4 heterocycles.